The van der Waals surface area contributed by atoms with Gasteiger partial charge in [-0.15, -0.1) is 0 Å². The van der Waals surface area contributed by atoms with Crippen molar-refractivity contribution in [2.45, 2.75) is 12.1 Å². The number of anilines is 2. The van der Waals surface area contributed by atoms with Crippen molar-refractivity contribution in [3.63, 3.8) is 0 Å². The fourth-order valence-electron chi connectivity index (χ4n) is 4.55. The Morgan fingerprint density at radius 2 is 1.45 bits per heavy atom. The van der Waals surface area contributed by atoms with Gasteiger partial charge in [0.25, 0.3) is 5.91 Å². The van der Waals surface area contributed by atoms with E-state index in [1.54, 1.807) is 29.3 Å². The van der Waals surface area contributed by atoms with E-state index in [-0.39, 0.29) is 18.6 Å². The van der Waals surface area contributed by atoms with E-state index in [0.29, 0.717) is 17.2 Å². The smallest absolute Gasteiger partial charge is 0.266 e. The van der Waals surface area contributed by atoms with E-state index in [1.807, 2.05) is 54.6 Å². The zero-order valence-corrected chi connectivity index (χ0v) is 16.4. The van der Waals surface area contributed by atoms with Crippen LogP contribution in [0.2, 0.25) is 0 Å². The first-order valence-electron chi connectivity index (χ1n) is 10.1. The molecule has 154 valence electrons. The molecule has 0 saturated carbocycles. The molecule has 3 aliphatic heterocycles. The Labute approximate surface area is 178 Å². The van der Waals surface area contributed by atoms with E-state index >= 15 is 0 Å². The molecule has 31 heavy (non-hydrogen) atoms. The summed E-state index contributed by atoms with van der Waals surface area (Å²) in [5.41, 5.74) is 2.05. The fraction of sp³-hybridized carbons (Fsp3) is 0.167. The lowest BCUT2D eigenvalue weighted by atomic mass is 9.90. The van der Waals surface area contributed by atoms with Crippen molar-refractivity contribution in [2.75, 3.05) is 16.8 Å². The van der Waals surface area contributed by atoms with Crippen LogP contribution in [0.4, 0.5) is 11.4 Å². The highest BCUT2D eigenvalue weighted by Gasteiger charge is 2.61. The third kappa shape index (κ3) is 2.63. The first-order valence-corrected chi connectivity index (χ1v) is 10.1. The third-order valence-electron chi connectivity index (χ3n) is 5.89. The summed E-state index contributed by atoms with van der Waals surface area (Å²) in [6.07, 6.45) is -0.920. The van der Waals surface area contributed by atoms with E-state index in [9.17, 15) is 9.59 Å². The lowest BCUT2D eigenvalue weighted by Gasteiger charge is -2.29. The minimum atomic E-state index is -0.920. The van der Waals surface area contributed by atoms with Crippen LogP contribution in [0.15, 0.2) is 78.9 Å². The summed E-state index contributed by atoms with van der Waals surface area (Å²) in [5.74, 6) is -0.180. The van der Waals surface area contributed by atoms with Crippen LogP contribution in [-0.4, -0.2) is 24.7 Å². The van der Waals surface area contributed by atoms with Crippen molar-refractivity contribution in [1.29, 1.82) is 0 Å². The Bertz CT molecular complexity index is 1170. The molecule has 7 nitrogen and oxygen atoms in total. The Morgan fingerprint density at radius 1 is 0.742 bits per heavy atom. The molecule has 0 aliphatic carbocycles. The van der Waals surface area contributed by atoms with Gasteiger partial charge in [0.2, 0.25) is 12.7 Å². The van der Waals surface area contributed by atoms with Crippen molar-refractivity contribution in [2.24, 2.45) is 5.92 Å². The number of para-hydroxylation sites is 3. The molecule has 0 bridgehead atoms. The molecule has 3 heterocycles. The van der Waals surface area contributed by atoms with Crippen molar-refractivity contribution in [3.8, 4) is 11.5 Å². The number of rotatable bonds is 3. The second-order valence-electron chi connectivity index (χ2n) is 7.59. The number of benzene rings is 3. The number of carbonyl (C=O) groups is 2. The lowest BCUT2D eigenvalue weighted by Crippen LogP contribution is -2.37. The zero-order chi connectivity index (χ0) is 20.9. The first kappa shape index (κ1) is 18.0. The molecule has 0 spiro atoms. The highest BCUT2D eigenvalue weighted by molar-refractivity contribution is 6.23. The van der Waals surface area contributed by atoms with E-state index < -0.39 is 18.1 Å². The Kier molecular flexibility index (Phi) is 3.97. The number of hydroxylamine groups is 1. The molecule has 3 aliphatic rings. The van der Waals surface area contributed by atoms with Gasteiger partial charge in [-0.05, 0) is 30.3 Å². The van der Waals surface area contributed by atoms with Gasteiger partial charge in [-0.3, -0.25) is 14.4 Å². The van der Waals surface area contributed by atoms with Gasteiger partial charge >= 0.3 is 0 Å². The van der Waals surface area contributed by atoms with Gasteiger partial charge in [-0.25, -0.2) is 9.96 Å². The summed E-state index contributed by atoms with van der Waals surface area (Å²) in [6.45, 7) is 0.113. The SMILES string of the molecule is O=C1C2ON(c3ccccc3)C(c3cccc4c3OCO4)C2C(=O)N1c1ccccc1. The predicted molar refractivity (Wildman–Crippen MR) is 112 cm³/mol. The molecule has 6 rings (SSSR count). The van der Waals surface area contributed by atoms with Crippen LogP contribution in [0.1, 0.15) is 11.6 Å². The fourth-order valence-corrected chi connectivity index (χ4v) is 4.55. The topological polar surface area (TPSA) is 68.3 Å². The number of imide groups is 1. The summed E-state index contributed by atoms with van der Waals surface area (Å²) in [6, 6.07) is 23.4. The van der Waals surface area contributed by atoms with Crippen molar-refractivity contribution in [3.05, 3.63) is 84.4 Å². The summed E-state index contributed by atoms with van der Waals surface area (Å²) in [4.78, 5) is 34.3. The van der Waals surface area contributed by atoms with Gasteiger partial charge in [-0.2, -0.15) is 0 Å². The minimum Gasteiger partial charge on any atom is -0.454 e. The van der Waals surface area contributed by atoms with Crippen LogP contribution in [0.3, 0.4) is 0 Å². The molecule has 0 aromatic heterocycles. The quantitative estimate of drug-likeness (QED) is 0.612. The van der Waals surface area contributed by atoms with Crippen LogP contribution in [0.25, 0.3) is 0 Å². The minimum absolute atomic E-state index is 0.113. The molecule has 0 N–H and O–H groups in total. The Hall–Kier alpha value is -3.84. The van der Waals surface area contributed by atoms with E-state index in [0.717, 1.165) is 11.3 Å². The number of amides is 2. The average molecular weight is 414 g/mol. The van der Waals surface area contributed by atoms with Crippen LogP contribution in [0.5, 0.6) is 11.5 Å². The summed E-state index contributed by atoms with van der Waals surface area (Å²) in [7, 11) is 0. The molecule has 3 aromatic carbocycles. The summed E-state index contributed by atoms with van der Waals surface area (Å²) in [5, 5.41) is 1.66. The van der Waals surface area contributed by atoms with Crippen LogP contribution in [0, 0.1) is 5.92 Å². The molecule has 3 aromatic rings. The second kappa shape index (κ2) is 6.85. The molecule has 0 radical (unpaired) electrons. The molecule has 2 fully saturated rings. The van der Waals surface area contributed by atoms with Crippen LogP contribution < -0.4 is 19.4 Å². The Morgan fingerprint density at radius 3 is 2.19 bits per heavy atom. The van der Waals surface area contributed by atoms with E-state index in [4.69, 9.17) is 14.3 Å². The molecule has 7 heteroatoms. The zero-order valence-electron chi connectivity index (χ0n) is 16.4. The average Bonchev–Trinajstić information content (AvgIpc) is 3.50. The molecular formula is C24H18N2O5. The van der Waals surface area contributed by atoms with Crippen LogP contribution in [-0.2, 0) is 14.4 Å². The highest BCUT2D eigenvalue weighted by Crippen LogP contribution is 2.51. The number of hydrogen-bond acceptors (Lipinski definition) is 6. The normalized spacial score (nSPS) is 24.1. The molecular weight excluding hydrogens is 396 g/mol. The number of hydrogen-bond donors (Lipinski definition) is 0. The number of nitrogens with zero attached hydrogens (tertiary/aromatic N) is 2. The van der Waals surface area contributed by atoms with Crippen molar-refractivity contribution >= 4 is 23.2 Å². The van der Waals surface area contributed by atoms with E-state index in [2.05, 4.69) is 0 Å². The van der Waals surface area contributed by atoms with Gasteiger partial charge in [-0.1, -0.05) is 48.5 Å². The van der Waals surface area contributed by atoms with Gasteiger partial charge in [0, 0.05) is 5.56 Å². The van der Waals surface area contributed by atoms with Crippen molar-refractivity contribution in [1.82, 2.24) is 0 Å². The monoisotopic (exact) mass is 414 g/mol. The maximum Gasteiger partial charge on any atom is 0.266 e. The van der Waals surface area contributed by atoms with Gasteiger partial charge < -0.3 is 9.47 Å². The predicted octanol–water partition coefficient (Wildman–Crippen LogP) is 3.47. The number of fused-ring (bicyclic) bond motifs is 2. The lowest BCUT2D eigenvalue weighted by molar-refractivity contribution is -0.126. The largest absolute Gasteiger partial charge is 0.454 e. The molecule has 3 unspecified atom stereocenters. The molecule has 3 atom stereocenters. The molecule has 2 saturated heterocycles. The maximum atomic E-state index is 13.6. The highest BCUT2D eigenvalue weighted by atomic mass is 16.7. The van der Waals surface area contributed by atoms with Crippen molar-refractivity contribution < 1.29 is 23.9 Å². The standard InChI is InChI=1S/C24H18N2O5/c27-23-19-20(17-12-7-13-18-21(17)30-14-29-18)26(16-10-5-2-6-11-16)31-22(19)24(28)25(23)15-8-3-1-4-9-15/h1-13,19-20,22H,14H2. The summed E-state index contributed by atoms with van der Waals surface area (Å²) >= 11 is 0. The third-order valence-corrected chi connectivity index (χ3v) is 5.89. The van der Waals surface area contributed by atoms with Crippen LogP contribution >= 0.6 is 0 Å². The summed E-state index contributed by atoms with van der Waals surface area (Å²) < 4.78 is 11.3. The number of carbonyl (C=O) groups excluding carboxylic acids is 2. The van der Waals surface area contributed by atoms with Gasteiger partial charge in [0.05, 0.1) is 11.4 Å². The maximum absolute atomic E-state index is 13.6. The van der Waals surface area contributed by atoms with E-state index in [1.165, 1.54) is 4.90 Å². The molecule has 2 amide bonds. The number of ether oxygens (including phenoxy) is 2. The second-order valence-corrected chi connectivity index (χ2v) is 7.59. The van der Waals surface area contributed by atoms with Gasteiger partial charge in [0.15, 0.2) is 17.6 Å². The first-order chi connectivity index (χ1) is 15.2. The Balaban J connectivity index is 1.48. The van der Waals surface area contributed by atoms with Gasteiger partial charge in [0.1, 0.15) is 12.0 Å².